The van der Waals surface area contributed by atoms with Crippen LogP contribution in [0, 0.1) is 0 Å². The maximum absolute atomic E-state index is 12.8. The van der Waals surface area contributed by atoms with Crippen LogP contribution in [0.1, 0.15) is 39.0 Å². The molecule has 36 heavy (non-hydrogen) atoms. The fourth-order valence-corrected chi connectivity index (χ4v) is 3.70. The second kappa shape index (κ2) is 17.5. The molecule has 16 heteroatoms. The Labute approximate surface area is 212 Å². The molecule has 5 unspecified atom stereocenters. The van der Waals surface area contributed by atoms with Crippen molar-refractivity contribution in [2.75, 3.05) is 18.1 Å². The standard InChI is InChI=1S/C20H36N6O9S/c1-10(22)16(28)25-13(20(34)35)5-6-15(27)24-14(9-36-8-11(23)18(30)31)17(29)26-12(19(32)33)4-2-3-7-21/h10-14H,2-9,21-23H2,1H3,(H,24,27)(H,25,28)(H,26,29)(H,30,31)(H,32,33)(H,34,35). The molecule has 0 spiro atoms. The molecule has 0 aromatic rings. The van der Waals surface area contributed by atoms with Crippen molar-refractivity contribution in [3.63, 3.8) is 0 Å². The summed E-state index contributed by atoms with van der Waals surface area (Å²) in [5.74, 6) is -6.41. The molecule has 5 atom stereocenters. The third kappa shape index (κ3) is 13.8. The second-order valence-corrected chi connectivity index (χ2v) is 9.09. The molecule has 0 radical (unpaired) electrons. The van der Waals surface area contributed by atoms with E-state index < -0.39 is 72.3 Å². The molecule has 0 saturated heterocycles. The summed E-state index contributed by atoms with van der Waals surface area (Å²) in [4.78, 5) is 70.7. The molecular weight excluding hydrogens is 500 g/mol. The minimum absolute atomic E-state index is 0.0851. The SMILES string of the molecule is CC(N)C(=O)NC(CCC(=O)NC(CSCC(N)C(=O)O)C(=O)NC(CCCCN)C(=O)O)C(=O)O. The Balaban J connectivity index is 5.27. The van der Waals surface area contributed by atoms with Crippen LogP contribution in [-0.4, -0.2) is 99.2 Å². The minimum Gasteiger partial charge on any atom is -0.480 e. The fraction of sp³-hybridized carbons (Fsp3) is 0.700. The number of hydrogen-bond acceptors (Lipinski definition) is 10. The summed E-state index contributed by atoms with van der Waals surface area (Å²) < 4.78 is 0. The Hall–Kier alpha value is -2.95. The molecule has 0 aliphatic carbocycles. The highest BCUT2D eigenvalue weighted by Gasteiger charge is 2.28. The van der Waals surface area contributed by atoms with Crippen LogP contribution in [0.25, 0.3) is 0 Å². The summed E-state index contributed by atoms with van der Waals surface area (Å²) in [6.07, 6.45) is 0.402. The van der Waals surface area contributed by atoms with Crippen molar-refractivity contribution >= 4 is 47.4 Å². The number of carboxylic acid groups (broad SMARTS) is 3. The van der Waals surface area contributed by atoms with Gasteiger partial charge in [0.05, 0.1) is 6.04 Å². The number of thioether (sulfide) groups is 1. The lowest BCUT2D eigenvalue weighted by atomic mass is 10.1. The lowest BCUT2D eigenvalue weighted by molar-refractivity contribution is -0.142. The van der Waals surface area contributed by atoms with Crippen LogP contribution < -0.4 is 33.2 Å². The maximum atomic E-state index is 12.8. The summed E-state index contributed by atoms with van der Waals surface area (Å²) in [6, 6.07) is -6.08. The Kier molecular flexibility index (Phi) is 16.0. The van der Waals surface area contributed by atoms with E-state index in [1.54, 1.807) is 0 Å². The van der Waals surface area contributed by atoms with Gasteiger partial charge in [-0.05, 0) is 39.2 Å². The van der Waals surface area contributed by atoms with Gasteiger partial charge in [0.1, 0.15) is 24.2 Å². The topological polar surface area (TPSA) is 277 Å². The van der Waals surface area contributed by atoms with Gasteiger partial charge in [0.2, 0.25) is 17.7 Å². The molecule has 3 amide bonds. The fourth-order valence-electron chi connectivity index (χ4n) is 2.69. The van der Waals surface area contributed by atoms with Gasteiger partial charge in [0, 0.05) is 17.9 Å². The number of carbonyl (C=O) groups excluding carboxylic acids is 3. The summed E-state index contributed by atoms with van der Waals surface area (Å²) >= 11 is 0.956. The van der Waals surface area contributed by atoms with Crippen LogP contribution in [0.4, 0.5) is 0 Å². The van der Waals surface area contributed by atoms with Gasteiger partial charge in [-0.3, -0.25) is 19.2 Å². The second-order valence-electron chi connectivity index (χ2n) is 8.01. The number of nitrogens with one attached hydrogen (secondary N) is 3. The first-order valence-electron chi connectivity index (χ1n) is 11.2. The third-order valence-electron chi connectivity index (χ3n) is 4.80. The highest BCUT2D eigenvalue weighted by Crippen LogP contribution is 2.08. The number of carbonyl (C=O) groups is 6. The predicted octanol–water partition coefficient (Wildman–Crippen LogP) is -2.99. The Morgan fingerprint density at radius 1 is 0.750 bits per heavy atom. The van der Waals surface area contributed by atoms with Crippen molar-refractivity contribution in [3.05, 3.63) is 0 Å². The Morgan fingerprint density at radius 2 is 1.31 bits per heavy atom. The molecule has 0 aliphatic rings. The van der Waals surface area contributed by atoms with E-state index in [0.29, 0.717) is 19.4 Å². The molecule has 0 bridgehead atoms. The van der Waals surface area contributed by atoms with E-state index in [-0.39, 0.29) is 24.3 Å². The van der Waals surface area contributed by atoms with Gasteiger partial charge in [0.15, 0.2) is 0 Å². The van der Waals surface area contributed by atoms with Crippen LogP contribution >= 0.6 is 11.8 Å². The van der Waals surface area contributed by atoms with E-state index in [1.165, 1.54) is 6.92 Å². The summed E-state index contributed by atoms with van der Waals surface area (Å²) in [6.45, 7) is 1.71. The van der Waals surface area contributed by atoms with E-state index in [1.807, 2.05) is 0 Å². The van der Waals surface area contributed by atoms with Gasteiger partial charge in [0.25, 0.3) is 0 Å². The highest BCUT2D eigenvalue weighted by atomic mass is 32.2. The highest BCUT2D eigenvalue weighted by molar-refractivity contribution is 7.99. The zero-order chi connectivity index (χ0) is 27.8. The Morgan fingerprint density at radius 3 is 1.81 bits per heavy atom. The van der Waals surface area contributed by atoms with Gasteiger partial charge in [-0.25, -0.2) is 9.59 Å². The first kappa shape index (κ1) is 33.0. The molecular formula is C20H36N6O9S. The molecule has 15 nitrogen and oxygen atoms in total. The van der Waals surface area contributed by atoms with Crippen LogP contribution in [0.2, 0.25) is 0 Å². The van der Waals surface area contributed by atoms with Crippen molar-refractivity contribution in [1.82, 2.24) is 16.0 Å². The van der Waals surface area contributed by atoms with Gasteiger partial charge < -0.3 is 48.5 Å². The van der Waals surface area contributed by atoms with Crippen molar-refractivity contribution in [3.8, 4) is 0 Å². The Bertz CT molecular complexity index is 783. The number of unbranched alkanes of at least 4 members (excludes halogenated alkanes) is 1. The monoisotopic (exact) mass is 536 g/mol. The zero-order valence-corrected chi connectivity index (χ0v) is 20.8. The summed E-state index contributed by atoms with van der Waals surface area (Å²) in [5.41, 5.74) is 16.2. The van der Waals surface area contributed by atoms with Crippen LogP contribution in [-0.2, 0) is 28.8 Å². The predicted molar refractivity (Wildman–Crippen MR) is 130 cm³/mol. The average molecular weight is 537 g/mol. The molecule has 206 valence electrons. The maximum Gasteiger partial charge on any atom is 0.326 e. The van der Waals surface area contributed by atoms with Gasteiger partial charge >= 0.3 is 17.9 Å². The van der Waals surface area contributed by atoms with Crippen LogP contribution in [0.3, 0.4) is 0 Å². The van der Waals surface area contributed by atoms with Crippen molar-refractivity contribution in [2.45, 2.75) is 69.2 Å². The van der Waals surface area contributed by atoms with E-state index in [2.05, 4.69) is 16.0 Å². The number of hydrogen-bond donors (Lipinski definition) is 9. The molecule has 0 saturated carbocycles. The number of nitrogens with two attached hydrogens (primary N) is 3. The molecule has 0 rings (SSSR count). The minimum atomic E-state index is -1.40. The summed E-state index contributed by atoms with van der Waals surface area (Å²) in [5, 5.41) is 34.5. The van der Waals surface area contributed by atoms with Crippen molar-refractivity contribution in [2.24, 2.45) is 17.2 Å². The van der Waals surface area contributed by atoms with Gasteiger partial charge in [-0.15, -0.1) is 0 Å². The number of carboxylic acids is 3. The van der Waals surface area contributed by atoms with E-state index in [4.69, 9.17) is 22.3 Å². The molecule has 0 aliphatic heterocycles. The average Bonchev–Trinajstić information content (AvgIpc) is 2.79. The van der Waals surface area contributed by atoms with E-state index in [9.17, 15) is 39.0 Å². The smallest absolute Gasteiger partial charge is 0.326 e. The quantitative estimate of drug-likeness (QED) is 0.0745. The lowest BCUT2D eigenvalue weighted by Crippen LogP contribution is -2.53. The molecule has 12 N–H and O–H groups in total. The lowest BCUT2D eigenvalue weighted by Gasteiger charge is -2.22. The third-order valence-corrected chi connectivity index (χ3v) is 5.96. The van der Waals surface area contributed by atoms with E-state index >= 15 is 0 Å². The van der Waals surface area contributed by atoms with Crippen molar-refractivity contribution in [1.29, 1.82) is 0 Å². The molecule has 0 heterocycles. The van der Waals surface area contributed by atoms with Crippen molar-refractivity contribution < 1.29 is 44.1 Å². The summed E-state index contributed by atoms with van der Waals surface area (Å²) in [7, 11) is 0. The van der Waals surface area contributed by atoms with Gasteiger partial charge in [-0.1, -0.05) is 0 Å². The normalized spacial score (nSPS) is 15.0. The molecule has 0 aromatic carbocycles. The van der Waals surface area contributed by atoms with Gasteiger partial charge in [-0.2, -0.15) is 11.8 Å². The largest absolute Gasteiger partial charge is 0.480 e. The first-order chi connectivity index (χ1) is 16.8. The number of amides is 3. The molecule has 0 aromatic heterocycles. The van der Waals surface area contributed by atoms with Crippen LogP contribution in [0.15, 0.2) is 0 Å². The zero-order valence-electron chi connectivity index (χ0n) is 20.0. The first-order valence-corrected chi connectivity index (χ1v) is 12.3. The number of rotatable bonds is 19. The van der Waals surface area contributed by atoms with E-state index in [0.717, 1.165) is 11.8 Å². The molecule has 0 fully saturated rings. The number of aliphatic carboxylic acids is 3. The van der Waals surface area contributed by atoms with Crippen LogP contribution in [0.5, 0.6) is 0 Å².